The number of nitrogens with zero attached hydrogens (tertiary/aromatic N) is 2. The molecule has 0 aliphatic rings. The van der Waals surface area contributed by atoms with Crippen molar-refractivity contribution in [2.75, 3.05) is 5.73 Å². The lowest BCUT2D eigenvalue weighted by atomic mass is 10.4. The minimum absolute atomic E-state index is 0.202. The number of halogens is 3. The number of anilines is 1. The molecule has 0 unspecified atom stereocenters. The smallest absolute Gasteiger partial charge is 0.151 e. The van der Waals surface area contributed by atoms with Gasteiger partial charge in [-0.15, -0.1) is 11.6 Å². The van der Waals surface area contributed by atoms with Crippen molar-refractivity contribution in [1.82, 2.24) is 9.97 Å². The molecule has 0 aliphatic carbocycles. The molecule has 0 aromatic carbocycles. The molecule has 2 N–H and O–H groups in total. The summed E-state index contributed by atoms with van der Waals surface area (Å²) in [4.78, 5) is 7.15. The second kappa shape index (κ2) is 4.12. The summed E-state index contributed by atoms with van der Waals surface area (Å²) in [5, 5.41) is 0. The number of nitrogens with two attached hydrogens (primary N) is 1. The van der Waals surface area contributed by atoms with Crippen molar-refractivity contribution in [2.24, 2.45) is 0 Å². The van der Waals surface area contributed by atoms with E-state index in [2.05, 4.69) is 9.97 Å². The Kier molecular flexibility index (Phi) is 3.38. The highest BCUT2D eigenvalue weighted by Crippen LogP contribution is 2.23. The third-order valence-electron chi connectivity index (χ3n) is 1.25. The Morgan fingerprint density at radius 3 is 2.67 bits per heavy atom. The van der Waals surface area contributed by atoms with E-state index in [1.807, 2.05) is 0 Å². The van der Waals surface area contributed by atoms with Crippen LogP contribution in [0.3, 0.4) is 0 Å². The number of aromatic nitrogens is 2. The second-order valence-electron chi connectivity index (χ2n) is 2.06. The van der Waals surface area contributed by atoms with Crippen LogP contribution >= 0.6 is 34.8 Å². The molecule has 66 valence electrons. The average molecular weight is 226 g/mol. The van der Waals surface area contributed by atoms with E-state index in [4.69, 9.17) is 40.5 Å². The summed E-state index contributed by atoms with van der Waals surface area (Å²) in [6.07, 6.45) is 1.43. The third-order valence-corrected chi connectivity index (χ3v) is 1.95. The Labute approximate surface area is 84.9 Å². The standard InChI is InChI=1S/C6H6Cl3N3/c7-1-3-6(10)11-2-4(12-3)5(8)9/h2,5H,1H2,(H2,10,11). The highest BCUT2D eigenvalue weighted by molar-refractivity contribution is 6.43. The second-order valence-corrected chi connectivity index (χ2v) is 3.42. The highest BCUT2D eigenvalue weighted by Gasteiger charge is 2.08. The zero-order chi connectivity index (χ0) is 9.14. The molecule has 0 saturated carbocycles. The predicted octanol–water partition coefficient (Wildman–Crippen LogP) is 2.27. The van der Waals surface area contributed by atoms with Crippen LogP contribution in [-0.4, -0.2) is 9.97 Å². The molecule has 1 heterocycles. The van der Waals surface area contributed by atoms with E-state index >= 15 is 0 Å². The van der Waals surface area contributed by atoms with E-state index < -0.39 is 4.84 Å². The van der Waals surface area contributed by atoms with Crippen LogP contribution < -0.4 is 5.73 Å². The van der Waals surface area contributed by atoms with Gasteiger partial charge in [-0.25, -0.2) is 9.97 Å². The van der Waals surface area contributed by atoms with E-state index in [1.165, 1.54) is 6.20 Å². The van der Waals surface area contributed by atoms with Crippen molar-refractivity contribution in [2.45, 2.75) is 10.7 Å². The van der Waals surface area contributed by atoms with Gasteiger partial charge in [-0.3, -0.25) is 0 Å². The van der Waals surface area contributed by atoms with Gasteiger partial charge in [-0.05, 0) is 0 Å². The first-order chi connectivity index (χ1) is 5.65. The lowest BCUT2D eigenvalue weighted by Crippen LogP contribution is -2.02. The Hall–Kier alpha value is -0.250. The quantitative estimate of drug-likeness (QED) is 0.787. The molecular weight excluding hydrogens is 220 g/mol. The minimum Gasteiger partial charge on any atom is -0.382 e. The monoisotopic (exact) mass is 225 g/mol. The maximum Gasteiger partial charge on any atom is 0.151 e. The van der Waals surface area contributed by atoms with E-state index in [0.717, 1.165) is 0 Å². The van der Waals surface area contributed by atoms with E-state index in [1.54, 1.807) is 0 Å². The SMILES string of the molecule is Nc1ncc(C(Cl)Cl)nc1CCl. The van der Waals surface area contributed by atoms with Gasteiger partial charge in [-0.2, -0.15) is 0 Å². The Morgan fingerprint density at radius 2 is 2.17 bits per heavy atom. The summed E-state index contributed by atoms with van der Waals surface area (Å²) >= 11 is 16.7. The largest absolute Gasteiger partial charge is 0.382 e. The molecule has 0 amide bonds. The maximum atomic E-state index is 5.56. The first-order valence-electron chi connectivity index (χ1n) is 3.10. The summed E-state index contributed by atoms with van der Waals surface area (Å²) in [6.45, 7) is 0. The van der Waals surface area contributed by atoms with Crippen LogP contribution in [0.1, 0.15) is 16.2 Å². The summed E-state index contributed by atoms with van der Waals surface area (Å²) in [6, 6.07) is 0. The first kappa shape index (κ1) is 9.84. The van der Waals surface area contributed by atoms with E-state index in [-0.39, 0.29) is 5.88 Å². The van der Waals surface area contributed by atoms with Crippen molar-refractivity contribution in [3.05, 3.63) is 17.6 Å². The molecule has 3 nitrogen and oxygen atoms in total. The van der Waals surface area contributed by atoms with Crippen LogP contribution in [0.5, 0.6) is 0 Å². The van der Waals surface area contributed by atoms with Crippen molar-refractivity contribution in [1.29, 1.82) is 0 Å². The van der Waals surface area contributed by atoms with Crippen molar-refractivity contribution < 1.29 is 0 Å². The van der Waals surface area contributed by atoms with Crippen molar-refractivity contribution >= 4 is 40.6 Å². The molecule has 0 aliphatic heterocycles. The lowest BCUT2D eigenvalue weighted by Gasteiger charge is -2.03. The van der Waals surface area contributed by atoms with Crippen LogP contribution in [0.25, 0.3) is 0 Å². The molecule has 6 heteroatoms. The number of rotatable bonds is 2. The van der Waals surface area contributed by atoms with E-state index in [0.29, 0.717) is 17.2 Å². The maximum absolute atomic E-state index is 5.56. The fourth-order valence-corrected chi connectivity index (χ4v) is 1.06. The Bertz CT molecular complexity index is 277. The molecule has 0 spiro atoms. The molecule has 1 aromatic heterocycles. The molecule has 0 fully saturated rings. The zero-order valence-electron chi connectivity index (χ0n) is 5.97. The third kappa shape index (κ3) is 2.12. The van der Waals surface area contributed by atoms with Gasteiger partial charge in [0.1, 0.15) is 5.82 Å². The average Bonchev–Trinajstić information content (AvgIpc) is 2.05. The number of alkyl halides is 3. The summed E-state index contributed by atoms with van der Waals surface area (Å²) in [5.41, 5.74) is 6.42. The highest BCUT2D eigenvalue weighted by atomic mass is 35.5. The summed E-state index contributed by atoms with van der Waals surface area (Å²) in [7, 11) is 0. The van der Waals surface area contributed by atoms with Gasteiger partial charge in [0.25, 0.3) is 0 Å². The van der Waals surface area contributed by atoms with Crippen molar-refractivity contribution in [3.8, 4) is 0 Å². The van der Waals surface area contributed by atoms with Gasteiger partial charge in [0, 0.05) is 0 Å². The Balaban J connectivity index is 3.05. The normalized spacial score (nSPS) is 10.7. The molecule has 0 atom stereocenters. The molecule has 1 rings (SSSR count). The lowest BCUT2D eigenvalue weighted by molar-refractivity contribution is 1.02. The fourth-order valence-electron chi connectivity index (χ4n) is 0.656. The number of hydrogen-bond donors (Lipinski definition) is 1. The number of hydrogen-bond acceptors (Lipinski definition) is 3. The Morgan fingerprint density at radius 1 is 1.50 bits per heavy atom. The van der Waals surface area contributed by atoms with Crippen LogP contribution in [0, 0.1) is 0 Å². The van der Waals surface area contributed by atoms with Crippen LogP contribution in [-0.2, 0) is 5.88 Å². The predicted molar refractivity (Wildman–Crippen MR) is 50.4 cm³/mol. The van der Waals surface area contributed by atoms with Crippen LogP contribution in [0.4, 0.5) is 5.82 Å². The molecule has 12 heavy (non-hydrogen) atoms. The summed E-state index contributed by atoms with van der Waals surface area (Å²) in [5.74, 6) is 0.510. The van der Waals surface area contributed by atoms with Gasteiger partial charge in [0.2, 0.25) is 0 Å². The molecule has 0 radical (unpaired) electrons. The molecule has 1 aromatic rings. The van der Waals surface area contributed by atoms with Gasteiger partial charge in [-0.1, -0.05) is 23.2 Å². The molecular formula is C6H6Cl3N3. The van der Waals surface area contributed by atoms with Crippen LogP contribution in [0.15, 0.2) is 6.20 Å². The fraction of sp³-hybridized carbons (Fsp3) is 0.333. The molecule has 0 bridgehead atoms. The summed E-state index contributed by atoms with van der Waals surface area (Å²) < 4.78 is 0. The van der Waals surface area contributed by atoms with Gasteiger partial charge >= 0.3 is 0 Å². The van der Waals surface area contributed by atoms with Gasteiger partial charge in [0.05, 0.1) is 23.5 Å². The topological polar surface area (TPSA) is 51.8 Å². The van der Waals surface area contributed by atoms with Gasteiger partial charge in [0.15, 0.2) is 4.84 Å². The minimum atomic E-state index is -0.694. The number of nitrogen functional groups attached to an aromatic ring is 1. The first-order valence-corrected chi connectivity index (χ1v) is 4.51. The zero-order valence-corrected chi connectivity index (χ0v) is 8.24. The van der Waals surface area contributed by atoms with Gasteiger partial charge < -0.3 is 5.73 Å². The van der Waals surface area contributed by atoms with E-state index in [9.17, 15) is 0 Å². The van der Waals surface area contributed by atoms with Crippen molar-refractivity contribution in [3.63, 3.8) is 0 Å². The van der Waals surface area contributed by atoms with Crippen LogP contribution in [0.2, 0.25) is 0 Å². The molecule has 0 saturated heterocycles.